The van der Waals surface area contributed by atoms with Crippen LogP contribution in [0.3, 0.4) is 0 Å². The van der Waals surface area contributed by atoms with E-state index in [1.165, 1.54) is 24.0 Å². The summed E-state index contributed by atoms with van der Waals surface area (Å²) in [5.74, 6) is 1.97. The number of fused-ring (bicyclic) bond motifs is 1. The van der Waals surface area contributed by atoms with E-state index in [-0.39, 0.29) is 0 Å². The predicted octanol–water partition coefficient (Wildman–Crippen LogP) is 4.30. The molecule has 0 spiro atoms. The van der Waals surface area contributed by atoms with Gasteiger partial charge in [0.25, 0.3) is 0 Å². The first-order valence-electron chi connectivity index (χ1n) is 9.39. The molecule has 1 aliphatic rings. The number of hydrogen-bond donors (Lipinski definition) is 2. The number of aromatic amines is 1. The average Bonchev–Trinajstić information content (AvgIpc) is 3.11. The number of para-hydroxylation sites is 1. The van der Waals surface area contributed by atoms with Gasteiger partial charge in [0, 0.05) is 23.6 Å². The molecule has 0 atom stereocenters. The Labute approximate surface area is 154 Å². The molecule has 0 bridgehead atoms. The van der Waals surface area contributed by atoms with Gasteiger partial charge in [-0.05, 0) is 67.6 Å². The number of piperidine rings is 1. The second kappa shape index (κ2) is 7.42. The summed E-state index contributed by atoms with van der Waals surface area (Å²) in [6, 6.07) is 14.1. The number of rotatable bonds is 5. The number of nitrogens with one attached hydrogen (secondary N) is 1. The van der Waals surface area contributed by atoms with Crippen LogP contribution in [0.25, 0.3) is 10.9 Å². The van der Waals surface area contributed by atoms with Crippen molar-refractivity contribution in [1.29, 1.82) is 0 Å². The van der Waals surface area contributed by atoms with E-state index in [9.17, 15) is 5.11 Å². The fourth-order valence-electron chi connectivity index (χ4n) is 4.18. The predicted molar refractivity (Wildman–Crippen MR) is 105 cm³/mol. The number of nitrogens with zero attached hydrogens (tertiary/aromatic N) is 1. The van der Waals surface area contributed by atoms with Crippen LogP contribution in [0.2, 0.25) is 0 Å². The molecule has 0 unspecified atom stereocenters. The fourth-order valence-corrected chi connectivity index (χ4v) is 4.18. The Bertz CT molecular complexity index is 879. The summed E-state index contributed by atoms with van der Waals surface area (Å²) in [5, 5.41) is 11.1. The molecule has 0 amide bonds. The topological polar surface area (TPSA) is 48.5 Å². The minimum Gasteiger partial charge on any atom is -0.507 e. The molecule has 0 saturated carbocycles. The molecule has 1 aromatic heterocycles. The molecule has 1 aliphatic heterocycles. The number of hydrogen-bond acceptors (Lipinski definition) is 3. The van der Waals surface area contributed by atoms with E-state index in [1.807, 2.05) is 24.4 Å². The number of methoxy groups -OCH3 is 1. The van der Waals surface area contributed by atoms with Gasteiger partial charge < -0.3 is 19.7 Å². The second-order valence-electron chi connectivity index (χ2n) is 7.12. The van der Waals surface area contributed by atoms with Crippen molar-refractivity contribution in [3.8, 4) is 11.5 Å². The highest BCUT2D eigenvalue weighted by atomic mass is 16.5. The number of aromatic hydroxyl groups is 1. The van der Waals surface area contributed by atoms with Crippen LogP contribution in [-0.2, 0) is 6.42 Å². The number of ether oxygens (including phenoxy) is 1. The van der Waals surface area contributed by atoms with Crippen molar-refractivity contribution in [2.75, 3.05) is 26.7 Å². The maximum absolute atomic E-state index is 10.1. The molecule has 1 fully saturated rings. The molecule has 0 aliphatic carbocycles. The van der Waals surface area contributed by atoms with Crippen molar-refractivity contribution in [3.63, 3.8) is 0 Å². The van der Waals surface area contributed by atoms with Gasteiger partial charge in [-0.15, -0.1) is 0 Å². The summed E-state index contributed by atoms with van der Waals surface area (Å²) in [6.07, 6.45) is 5.32. The maximum Gasteiger partial charge on any atom is 0.125 e. The van der Waals surface area contributed by atoms with E-state index in [0.29, 0.717) is 11.7 Å². The minimum atomic E-state index is 0.369. The Morgan fingerprint density at radius 3 is 2.73 bits per heavy atom. The smallest absolute Gasteiger partial charge is 0.125 e. The number of phenolic OH excluding ortho intramolecular Hbond substituents is 1. The quantitative estimate of drug-likeness (QED) is 0.721. The molecule has 4 nitrogen and oxygen atoms in total. The van der Waals surface area contributed by atoms with Gasteiger partial charge in [-0.1, -0.05) is 24.3 Å². The highest BCUT2D eigenvalue weighted by Crippen LogP contribution is 2.34. The van der Waals surface area contributed by atoms with Crippen molar-refractivity contribution >= 4 is 10.9 Å². The number of H-pyrrole nitrogens is 1. The second-order valence-corrected chi connectivity index (χ2v) is 7.12. The van der Waals surface area contributed by atoms with E-state index in [4.69, 9.17) is 4.74 Å². The lowest BCUT2D eigenvalue weighted by Gasteiger charge is -2.32. The number of benzene rings is 2. The SMILES string of the molecule is COc1ccccc1C1CCN(CCc2c[nH]c3cccc(O)c23)CC1. The van der Waals surface area contributed by atoms with Crippen LogP contribution < -0.4 is 4.74 Å². The Balaban J connectivity index is 1.37. The monoisotopic (exact) mass is 350 g/mol. The molecule has 0 radical (unpaired) electrons. The largest absolute Gasteiger partial charge is 0.507 e. The van der Waals surface area contributed by atoms with Crippen LogP contribution in [0.15, 0.2) is 48.7 Å². The van der Waals surface area contributed by atoms with Crippen LogP contribution in [-0.4, -0.2) is 41.7 Å². The highest BCUT2D eigenvalue weighted by Gasteiger charge is 2.23. The first kappa shape index (κ1) is 17.0. The third-order valence-corrected chi connectivity index (χ3v) is 5.63. The fraction of sp³-hybridized carbons (Fsp3) is 0.364. The molecule has 2 N–H and O–H groups in total. The summed E-state index contributed by atoms with van der Waals surface area (Å²) in [6.45, 7) is 3.24. The number of aromatic nitrogens is 1. The Kier molecular flexibility index (Phi) is 4.85. The lowest BCUT2D eigenvalue weighted by Crippen LogP contribution is -2.34. The number of phenols is 1. The molecular weight excluding hydrogens is 324 g/mol. The average molecular weight is 350 g/mol. The molecule has 4 rings (SSSR count). The van der Waals surface area contributed by atoms with Gasteiger partial charge in [-0.2, -0.15) is 0 Å². The lowest BCUT2D eigenvalue weighted by molar-refractivity contribution is 0.213. The van der Waals surface area contributed by atoms with Crippen LogP contribution in [0.1, 0.15) is 29.9 Å². The molecular formula is C22H26N2O2. The van der Waals surface area contributed by atoms with Gasteiger partial charge >= 0.3 is 0 Å². The van der Waals surface area contributed by atoms with Gasteiger partial charge in [-0.25, -0.2) is 0 Å². The molecule has 1 saturated heterocycles. The first-order chi connectivity index (χ1) is 12.8. The first-order valence-corrected chi connectivity index (χ1v) is 9.39. The molecule has 2 aromatic carbocycles. The van der Waals surface area contributed by atoms with E-state index < -0.39 is 0 Å². The summed E-state index contributed by atoms with van der Waals surface area (Å²) < 4.78 is 5.53. The van der Waals surface area contributed by atoms with Gasteiger partial charge in [0.2, 0.25) is 0 Å². The maximum atomic E-state index is 10.1. The number of likely N-dealkylation sites (tertiary alicyclic amines) is 1. The highest BCUT2D eigenvalue weighted by molar-refractivity contribution is 5.88. The third-order valence-electron chi connectivity index (χ3n) is 5.63. The summed E-state index contributed by atoms with van der Waals surface area (Å²) in [4.78, 5) is 5.80. The Hall–Kier alpha value is -2.46. The van der Waals surface area contributed by atoms with Crippen LogP contribution in [0.5, 0.6) is 11.5 Å². The third kappa shape index (κ3) is 3.29. The molecule has 3 aromatic rings. The van der Waals surface area contributed by atoms with Crippen molar-refractivity contribution < 1.29 is 9.84 Å². The molecule has 26 heavy (non-hydrogen) atoms. The zero-order valence-corrected chi connectivity index (χ0v) is 15.2. The standard InChI is InChI=1S/C22H26N2O2/c1-26-21-8-3-2-5-18(21)16-9-12-24(13-10-16)14-11-17-15-23-19-6-4-7-20(25)22(17)19/h2-8,15-16,23,25H,9-14H2,1H3. The van der Waals surface area contributed by atoms with E-state index in [1.54, 1.807) is 13.2 Å². The zero-order valence-electron chi connectivity index (χ0n) is 15.2. The van der Waals surface area contributed by atoms with Crippen LogP contribution >= 0.6 is 0 Å². The van der Waals surface area contributed by atoms with E-state index in [2.05, 4.69) is 28.1 Å². The van der Waals surface area contributed by atoms with Gasteiger partial charge in [-0.3, -0.25) is 0 Å². The Morgan fingerprint density at radius 2 is 1.92 bits per heavy atom. The van der Waals surface area contributed by atoms with Gasteiger partial charge in [0.1, 0.15) is 11.5 Å². The van der Waals surface area contributed by atoms with Crippen molar-refractivity contribution in [2.45, 2.75) is 25.2 Å². The van der Waals surface area contributed by atoms with E-state index in [0.717, 1.165) is 42.7 Å². The summed E-state index contributed by atoms with van der Waals surface area (Å²) in [7, 11) is 1.75. The normalized spacial score (nSPS) is 16.2. The molecule has 2 heterocycles. The van der Waals surface area contributed by atoms with Gasteiger partial charge in [0.15, 0.2) is 0 Å². The van der Waals surface area contributed by atoms with Crippen molar-refractivity contribution in [1.82, 2.24) is 9.88 Å². The van der Waals surface area contributed by atoms with Crippen molar-refractivity contribution in [2.24, 2.45) is 0 Å². The lowest BCUT2D eigenvalue weighted by atomic mass is 9.88. The van der Waals surface area contributed by atoms with Gasteiger partial charge in [0.05, 0.1) is 7.11 Å². The molecule has 4 heteroatoms. The summed E-state index contributed by atoms with van der Waals surface area (Å²) >= 11 is 0. The van der Waals surface area contributed by atoms with E-state index >= 15 is 0 Å². The summed E-state index contributed by atoms with van der Waals surface area (Å²) in [5.41, 5.74) is 3.55. The molecule has 136 valence electrons. The Morgan fingerprint density at radius 1 is 1.12 bits per heavy atom. The zero-order chi connectivity index (χ0) is 17.9. The van der Waals surface area contributed by atoms with Crippen molar-refractivity contribution in [3.05, 3.63) is 59.8 Å². The van der Waals surface area contributed by atoms with Crippen LogP contribution in [0.4, 0.5) is 0 Å². The van der Waals surface area contributed by atoms with Crippen LogP contribution in [0, 0.1) is 0 Å². The minimum absolute atomic E-state index is 0.369.